The molecule has 4 heteroatoms. The number of nitrogens with two attached hydrogens (primary N) is 1. The molecule has 3 N–H and O–H groups in total. The van der Waals surface area contributed by atoms with Crippen LogP contribution in [0.4, 0.5) is 4.39 Å². The molecule has 0 spiro atoms. The average molecular weight is 173 g/mol. The zero-order chi connectivity index (χ0) is 8.97. The molecule has 3 nitrogen and oxygen atoms in total. The third kappa shape index (κ3) is 2.36. The summed E-state index contributed by atoms with van der Waals surface area (Å²) in [4.78, 5) is 1.84. The van der Waals surface area contributed by atoms with Crippen LogP contribution in [0, 0.1) is 11.3 Å². The van der Waals surface area contributed by atoms with Gasteiger partial charge in [0, 0.05) is 13.1 Å². The Labute approximate surface area is 72.2 Å². The molecule has 0 aromatic carbocycles. The molecule has 1 aliphatic heterocycles. The second kappa shape index (κ2) is 4.28. The van der Waals surface area contributed by atoms with E-state index in [1.807, 2.05) is 4.90 Å². The first-order valence-electron chi connectivity index (χ1n) is 4.39. The molecular weight excluding hydrogens is 157 g/mol. The van der Waals surface area contributed by atoms with Crippen LogP contribution in [0.5, 0.6) is 0 Å². The maximum Gasteiger partial charge on any atom is 0.188 e. The molecule has 70 valence electrons. The van der Waals surface area contributed by atoms with Crippen LogP contribution in [0.3, 0.4) is 0 Å². The fraction of sp³-hybridized carbons (Fsp3) is 0.875. The normalized spacial score (nSPS) is 19.6. The van der Waals surface area contributed by atoms with E-state index in [1.165, 1.54) is 0 Å². The van der Waals surface area contributed by atoms with Gasteiger partial charge in [0.25, 0.3) is 0 Å². The molecule has 1 saturated heterocycles. The Bertz CT molecular complexity index is 152. The van der Waals surface area contributed by atoms with E-state index in [1.54, 1.807) is 0 Å². The summed E-state index contributed by atoms with van der Waals surface area (Å²) in [7, 11) is 0. The molecule has 12 heavy (non-hydrogen) atoms. The summed E-state index contributed by atoms with van der Waals surface area (Å²) in [6.45, 7) is 1.42. The molecule has 1 fully saturated rings. The zero-order valence-electron chi connectivity index (χ0n) is 7.22. The Balaban J connectivity index is 2.25. The summed E-state index contributed by atoms with van der Waals surface area (Å²) in [5.41, 5.74) is 5.32. The Hall–Kier alpha value is -0.800. The van der Waals surface area contributed by atoms with Crippen molar-refractivity contribution >= 4 is 5.96 Å². The molecule has 0 aromatic rings. The van der Waals surface area contributed by atoms with Crippen LogP contribution in [0.1, 0.15) is 19.3 Å². The van der Waals surface area contributed by atoms with E-state index in [0.29, 0.717) is 12.3 Å². The summed E-state index contributed by atoms with van der Waals surface area (Å²) in [5.74, 6) is 0.652. The second-order valence-corrected chi connectivity index (χ2v) is 3.29. The Morgan fingerprint density at radius 2 is 2.08 bits per heavy atom. The smallest absolute Gasteiger partial charge is 0.188 e. The van der Waals surface area contributed by atoms with Crippen LogP contribution in [0.25, 0.3) is 0 Å². The monoisotopic (exact) mass is 173 g/mol. The van der Waals surface area contributed by atoms with Crippen molar-refractivity contribution in [2.75, 3.05) is 19.8 Å². The molecule has 0 bridgehead atoms. The van der Waals surface area contributed by atoms with Crippen LogP contribution >= 0.6 is 0 Å². The van der Waals surface area contributed by atoms with E-state index < -0.39 is 0 Å². The van der Waals surface area contributed by atoms with Gasteiger partial charge in [-0.2, -0.15) is 0 Å². The molecule has 0 radical (unpaired) electrons. The van der Waals surface area contributed by atoms with Crippen LogP contribution < -0.4 is 5.73 Å². The van der Waals surface area contributed by atoms with Gasteiger partial charge < -0.3 is 10.6 Å². The summed E-state index contributed by atoms with van der Waals surface area (Å²) < 4.78 is 12.0. The van der Waals surface area contributed by atoms with Crippen LogP contribution in [-0.4, -0.2) is 30.6 Å². The van der Waals surface area contributed by atoms with E-state index in [2.05, 4.69) is 0 Å². The molecular formula is C8H16FN3. The number of rotatable bonds is 2. The lowest BCUT2D eigenvalue weighted by Crippen LogP contribution is -2.42. The third-order valence-electron chi connectivity index (χ3n) is 2.47. The highest BCUT2D eigenvalue weighted by molar-refractivity contribution is 5.74. The molecule has 1 rings (SSSR count). The average Bonchev–Trinajstić information content (AvgIpc) is 2.06. The molecule has 1 heterocycles. The highest BCUT2D eigenvalue weighted by Crippen LogP contribution is 2.19. The largest absolute Gasteiger partial charge is 0.370 e. The minimum atomic E-state index is -0.218. The van der Waals surface area contributed by atoms with Crippen LogP contribution in [-0.2, 0) is 0 Å². The van der Waals surface area contributed by atoms with Gasteiger partial charge in [0.15, 0.2) is 5.96 Å². The van der Waals surface area contributed by atoms with Crippen molar-refractivity contribution in [1.82, 2.24) is 4.90 Å². The number of guanidine groups is 1. The van der Waals surface area contributed by atoms with Gasteiger partial charge in [-0.25, -0.2) is 0 Å². The lowest BCUT2D eigenvalue weighted by Gasteiger charge is -2.31. The number of hydrogen-bond acceptors (Lipinski definition) is 1. The zero-order valence-corrected chi connectivity index (χ0v) is 7.22. The molecule has 0 amide bonds. The Morgan fingerprint density at radius 1 is 1.50 bits per heavy atom. The first-order chi connectivity index (χ1) is 5.74. The SMILES string of the molecule is N=C(N)N1CCC(CCF)CC1. The van der Waals surface area contributed by atoms with E-state index in [-0.39, 0.29) is 12.6 Å². The first-order valence-corrected chi connectivity index (χ1v) is 4.39. The van der Waals surface area contributed by atoms with Gasteiger partial charge >= 0.3 is 0 Å². The number of nitrogens with zero attached hydrogens (tertiary/aromatic N) is 1. The molecule has 0 atom stereocenters. The second-order valence-electron chi connectivity index (χ2n) is 3.29. The first kappa shape index (κ1) is 9.29. The molecule has 1 aliphatic rings. The van der Waals surface area contributed by atoms with Crippen molar-refractivity contribution < 1.29 is 4.39 Å². The highest BCUT2D eigenvalue weighted by atomic mass is 19.1. The number of likely N-dealkylation sites (tertiary alicyclic amines) is 1. The molecule has 0 aromatic heterocycles. The van der Waals surface area contributed by atoms with Gasteiger partial charge in [0.05, 0.1) is 6.67 Å². The maximum atomic E-state index is 12.0. The number of hydrogen-bond donors (Lipinski definition) is 2. The van der Waals surface area contributed by atoms with Gasteiger partial charge in [-0.05, 0) is 25.2 Å². The lowest BCUT2D eigenvalue weighted by molar-refractivity contribution is 0.239. The van der Waals surface area contributed by atoms with E-state index in [9.17, 15) is 4.39 Å². The van der Waals surface area contributed by atoms with Crippen LogP contribution in [0.15, 0.2) is 0 Å². The molecule has 0 unspecified atom stereocenters. The fourth-order valence-electron chi connectivity index (χ4n) is 1.62. The van der Waals surface area contributed by atoms with Gasteiger partial charge in [0.2, 0.25) is 0 Å². The van der Waals surface area contributed by atoms with Crippen LogP contribution in [0.2, 0.25) is 0 Å². The number of piperidine rings is 1. The van der Waals surface area contributed by atoms with Gasteiger partial charge in [-0.1, -0.05) is 0 Å². The quantitative estimate of drug-likeness (QED) is 0.482. The van der Waals surface area contributed by atoms with E-state index >= 15 is 0 Å². The maximum absolute atomic E-state index is 12.0. The highest BCUT2D eigenvalue weighted by Gasteiger charge is 2.19. The van der Waals surface area contributed by atoms with Crippen molar-refractivity contribution in [3.63, 3.8) is 0 Å². The predicted molar refractivity (Wildman–Crippen MR) is 46.8 cm³/mol. The predicted octanol–water partition coefficient (Wildman–Crippen LogP) is 0.951. The van der Waals surface area contributed by atoms with Crippen molar-refractivity contribution in [2.24, 2.45) is 11.7 Å². The minimum Gasteiger partial charge on any atom is -0.370 e. The van der Waals surface area contributed by atoms with Crippen molar-refractivity contribution in [1.29, 1.82) is 5.41 Å². The molecule has 0 aliphatic carbocycles. The summed E-state index contributed by atoms with van der Waals surface area (Å²) in [5, 5.41) is 7.19. The van der Waals surface area contributed by atoms with Gasteiger partial charge in [-0.3, -0.25) is 9.80 Å². The van der Waals surface area contributed by atoms with E-state index in [4.69, 9.17) is 11.1 Å². The Kier molecular flexibility index (Phi) is 3.31. The fourth-order valence-corrected chi connectivity index (χ4v) is 1.62. The third-order valence-corrected chi connectivity index (χ3v) is 2.47. The molecule has 0 saturated carbocycles. The number of nitrogens with one attached hydrogen (secondary N) is 1. The number of alkyl halides is 1. The van der Waals surface area contributed by atoms with Crippen molar-refractivity contribution in [3.8, 4) is 0 Å². The standard InChI is InChI=1S/C8H16FN3/c9-4-1-7-2-5-12(6-3-7)8(10)11/h7H,1-6H2,(H3,10,11). The van der Waals surface area contributed by atoms with E-state index in [0.717, 1.165) is 25.9 Å². The van der Waals surface area contributed by atoms with Gasteiger partial charge in [-0.15, -0.1) is 0 Å². The number of halogens is 1. The van der Waals surface area contributed by atoms with Crippen molar-refractivity contribution in [3.05, 3.63) is 0 Å². The van der Waals surface area contributed by atoms with Crippen molar-refractivity contribution in [2.45, 2.75) is 19.3 Å². The minimum absolute atomic E-state index is 0.147. The summed E-state index contributed by atoms with van der Waals surface area (Å²) in [6.07, 6.45) is 2.62. The summed E-state index contributed by atoms with van der Waals surface area (Å²) >= 11 is 0. The van der Waals surface area contributed by atoms with Gasteiger partial charge in [0.1, 0.15) is 0 Å². The summed E-state index contributed by atoms with van der Waals surface area (Å²) in [6, 6.07) is 0. The Morgan fingerprint density at radius 3 is 2.50 bits per heavy atom. The topological polar surface area (TPSA) is 53.1 Å². The lowest BCUT2D eigenvalue weighted by atomic mass is 9.94.